The van der Waals surface area contributed by atoms with Gasteiger partial charge in [-0.25, -0.2) is 0 Å². The third kappa shape index (κ3) is 37.2. The Balaban J connectivity index is 2.36. The van der Waals surface area contributed by atoms with Gasteiger partial charge in [0, 0.05) is 12.8 Å². The van der Waals surface area contributed by atoms with Crippen LogP contribution in [0.5, 0.6) is 0 Å². The smallest absolute Gasteiger partial charge is 0.306 e. The molecule has 6 atom stereocenters. The van der Waals surface area contributed by atoms with Crippen LogP contribution in [-0.2, 0) is 28.5 Å². The minimum absolute atomic E-state index is 0.137. The number of rotatable bonds is 43. The summed E-state index contributed by atoms with van der Waals surface area (Å²) >= 11 is 0. The van der Waals surface area contributed by atoms with Gasteiger partial charge in [-0.3, -0.25) is 9.59 Å². The van der Waals surface area contributed by atoms with Crippen molar-refractivity contribution in [3.05, 3.63) is 97.2 Å². The van der Waals surface area contributed by atoms with Gasteiger partial charge in [0.05, 0.1) is 13.2 Å². The topological polar surface area (TPSA) is 152 Å². The van der Waals surface area contributed by atoms with E-state index in [1.807, 2.05) is 12.2 Å². The van der Waals surface area contributed by atoms with Crippen molar-refractivity contribution in [1.82, 2.24) is 0 Å². The van der Waals surface area contributed by atoms with Gasteiger partial charge in [-0.05, 0) is 89.9 Å². The highest BCUT2D eigenvalue weighted by Gasteiger charge is 2.44. The van der Waals surface area contributed by atoms with Crippen molar-refractivity contribution in [2.45, 2.75) is 230 Å². The summed E-state index contributed by atoms with van der Waals surface area (Å²) in [7, 11) is 0. The second-order valence-corrected chi connectivity index (χ2v) is 17.6. The molecule has 0 radical (unpaired) electrons. The van der Waals surface area contributed by atoms with E-state index in [0.29, 0.717) is 25.7 Å². The van der Waals surface area contributed by atoms with Crippen molar-refractivity contribution < 1.29 is 49.0 Å². The van der Waals surface area contributed by atoms with Gasteiger partial charge in [-0.2, -0.15) is 0 Å². The molecule has 1 saturated heterocycles. The summed E-state index contributed by atoms with van der Waals surface area (Å²) in [6.45, 7) is 3.31. The number of aliphatic hydroxyl groups is 4. The van der Waals surface area contributed by atoms with Crippen LogP contribution in [0, 0.1) is 0 Å². The molecule has 1 fully saturated rings. The second kappa shape index (κ2) is 46.4. The van der Waals surface area contributed by atoms with Crippen molar-refractivity contribution in [3.63, 3.8) is 0 Å². The molecule has 10 nitrogen and oxygen atoms in total. The molecule has 1 aliphatic heterocycles. The number of carbonyl (C=O) groups excluding carboxylic acids is 2. The van der Waals surface area contributed by atoms with Crippen LogP contribution in [0.4, 0.5) is 0 Å². The highest BCUT2D eigenvalue weighted by molar-refractivity contribution is 5.70. The Morgan fingerprint density at radius 3 is 1.25 bits per heavy atom. The Morgan fingerprint density at radius 1 is 0.463 bits per heavy atom. The van der Waals surface area contributed by atoms with Crippen molar-refractivity contribution in [1.29, 1.82) is 0 Å². The molecule has 0 saturated carbocycles. The maximum atomic E-state index is 12.8. The second-order valence-electron chi connectivity index (χ2n) is 17.6. The van der Waals surface area contributed by atoms with Crippen LogP contribution in [0.3, 0.4) is 0 Å². The molecule has 1 heterocycles. The molecule has 382 valence electrons. The maximum absolute atomic E-state index is 12.8. The van der Waals surface area contributed by atoms with Gasteiger partial charge in [0.2, 0.25) is 0 Å². The van der Waals surface area contributed by atoms with E-state index in [-0.39, 0.29) is 26.1 Å². The highest BCUT2D eigenvalue weighted by atomic mass is 16.7. The van der Waals surface area contributed by atoms with Gasteiger partial charge < -0.3 is 39.4 Å². The molecule has 0 aromatic carbocycles. The Morgan fingerprint density at radius 2 is 0.836 bits per heavy atom. The number of allylic oxidation sites excluding steroid dienone is 16. The Kier molecular flexibility index (Phi) is 42.6. The average molecular weight is 939 g/mol. The lowest BCUT2D eigenvalue weighted by Gasteiger charge is -2.39. The van der Waals surface area contributed by atoms with Gasteiger partial charge in [-0.1, -0.05) is 188 Å². The van der Waals surface area contributed by atoms with E-state index in [2.05, 4.69) is 98.9 Å². The third-order valence-corrected chi connectivity index (χ3v) is 11.4. The summed E-state index contributed by atoms with van der Waals surface area (Å²) in [5.74, 6) is -0.943. The van der Waals surface area contributed by atoms with E-state index in [1.54, 1.807) is 0 Å². The van der Waals surface area contributed by atoms with E-state index < -0.39 is 55.4 Å². The highest BCUT2D eigenvalue weighted by Crippen LogP contribution is 2.22. The Labute approximate surface area is 407 Å². The number of hydrogen-bond donors (Lipinski definition) is 4. The lowest BCUT2D eigenvalue weighted by Crippen LogP contribution is -2.59. The number of carbonyl (C=O) groups is 2. The zero-order valence-electron chi connectivity index (χ0n) is 41.9. The van der Waals surface area contributed by atoms with Crippen molar-refractivity contribution in [2.24, 2.45) is 0 Å². The van der Waals surface area contributed by atoms with Gasteiger partial charge in [0.15, 0.2) is 12.4 Å². The summed E-state index contributed by atoms with van der Waals surface area (Å²) < 4.78 is 22.1. The summed E-state index contributed by atoms with van der Waals surface area (Å²) in [4.78, 5) is 25.4. The molecule has 1 rings (SSSR count). The van der Waals surface area contributed by atoms with E-state index in [4.69, 9.17) is 18.9 Å². The predicted molar refractivity (Wildman–Crippen MR) is 274 cm³/mol. The number of aliphatic hydroxyl groups excluding tert-OH is 4. The molecule has 4 N–H and O–H groups in total. The molecule has 67 heavy (non-hydrogen) atoms. The summed E-state index contributed by atoms with van der Waals surface area (Å²) in [5, 5.41) is 40.2. The van der Waals surface area contributed by atoms with E-state index in [1.165, 1.54) is 103 Å². The van der Waals surface area contributed by atoms with E-state index >= 15 is 0 Å². The summed E-state index contributed by atoms with van der Waals surface area (Å²) in [6.07, 6.45) is 55.7. The first-order valence-corrected chi connectivity index (χ1v) is 26.3. The van der Waals surface area contributed by atoms with Crippen LogP contribution in [0.25, 0.3) is 0 Å². The standard InChI is InChI=1S/C57H94O10/c1-3-5-7-9-11-13-15-17-19-21-23-25-27-29-31-33-35-37-39-41-43-45-52(59)64-48-50(49-65-57-56(63)55(62)54(61)51(47-58)67-57)66-53(60)46-44-42-40-38-36-34-32-30-28-26-24-22-20-18-16-14-12-10-8-6-4-2/h19-22,25-28,31-34,37-40,50-51,54-58,61-63H,3-18,23-24,29-30,35-36,41-49H2,1-2H3/b21-19+,22-20+,27-25+,28-26+,33-31+,34-32+,39-37+,40-38+/t50-,51-,54+,55?,56?,57-/m0/s1. The first-order chi connectivity index (χ1) is 32.8. The molecule has 0 spiro atoms. The van der Waals surface area contributed by atoms with Gasteiger partial charge in [0.25, 0.3) is 0 Å². The minimum Gasteiger partial charge on any atom is -0.462 e. The Bertz CT molecular complexity index is 1410. The lowest BCUT2D eigenvalue weighted by atomic mass is 9.99. The van der Waals surface area contributed by atoms with Crippen LogP contribution in [0.15, 0.2) is 97.2 Å². The van der Waals surface area contributed by atoms with Gasteiger partial charge >= 0.3 is 11.9 Å². The monoisotopic (exact) mass is 939 g/mol. The number of ether oxygens (including phenoxy) is 4. The molecule has 0 aliphatic carbocycles. The quantitative estimate of drug-likeness (QED) is 0.0264. The van der Waals surface area contributed by atoms with Crippen LogP contribution >= 0.6 is 0 Å². The third-order valence-electron chi connectivity index (χ3n) is 11.4. The van der Waals surface area contributed by atoms with E-state index in [9.17, 15) is 30.0 Å². The molecular weight excluding hydrogens is 845 g/mol. The fourth-order valence-corrected chi connectivity index (χ4v) is 7.29. The summed E-state index contributed by atoms with van der Waals surface area (Å²) in [5.41, 5.74) is 0. The van der Waals surface area contributed by atoms with Crippen molar-refractivity contribution in [3.8, 4) is 0 Å². The van der Waals surface area contributed by atoms with Crippen LogP contribution in [-0.4, -0.2) is 89.0 Å². The first kappa shape index (κ1) is 61.6. The molecule has 10 heteroatoms. The predicted octanol–water partition coefficient (Wildman–Crippen LogP) is 12.7. The van der Waals surface area contributed by atoms with Crippen LogP contribution in [0.2, 0.25) is 0 Å². The SMILES string of the molecule is CCCCCCCCC/C=C/C/C=C/C/C=C/C/C=C/CCCC(=O)OC[C@@H](CO[C@H]1O[C@@H](CO)[C@@H](O)C(O)C1O)OC(=O)CCC/C=C/C/C=C/C/C=C/C/C=C/CCCCCCCCC. The molecule has 0 bridgehead atoms. The molecule has 0 aromatic rings. The summed E-state index contributed by atoms with van der Waals surface area (Å²) in [6, 6.07) is 0. The van der Waals surface area contributed by atoms with Crippen molar-refractivity contribution >= 4 is 11.9 Å². The zero-order valence-corrected chi connectivity index (χ0v) is 41.9. The van der Waals surface area contributed by atoms with Gasteiger partial charge in [-0.15, -0.1) is 0 Å². The average Bonchev–Trinajstić information content (AvgIpc) is 3.33. The Hall–Kier alpha value is -3.38. The fraction of sp³-hybridized carbons (Fsp3) is 0.684. The first-order valence-electron chi connectivity index (χ1n) is 26.3. The normalized spacial score (nSPS) is 19.9. The zero-order chi connectivity index (χ0) is 48.7. The fourth-order valence-electron chi connectivity index (χ4n) is 7.29. The molecule has 0 aromatic heterocycles. The maximum Gasteiger partial charge on any atom is 0.306 e. The molecular formula is C57H94O10. The number of esters is 2. The van der Waals surface area contributed by atoms with E-state index in [0.717, 1.165) is 38.5 Å². The molecule has 1 aliphatic rings. The van der Waals surface area contributed by atoms with Crippen LogP contribution in [0.1, 0.15) is 194 Å². The largest absolute Gasteiger partial charge is 0.462 e. The lowest BCUT2D eigenvalue weighted by molar-refractivity contribution is -0.305. The minimum atomic E-state index is -1.62. The molecule has 2 unspecified atom stereocenters. The number of hydrogen-bond acceptors (Lipinski definition) is 10. The van der Waals surface area contributed by atoms with Crippen LogP contribution < -0.4 is 0 Å². The van der Waals surface area contributed by atoms with Gasteiger partial charge in [0.1, 0.15) is 31.0 Å². The number of unbranched alkanes of at least 4 members (excludes halogenated alkanes) is 16. The molecule has 0 amide bonds. The van der Waals surface area contributed by atoms with Crippen molar-refractivity contribution in [2.75, 3.05) is 19.8 Å².